The Morgan fingerprint density at radius 1 is 1.26 bits per heavy atom. The van der Waals surface area contributed by atoms with Crippen molar-refractivity contribution >= 4 is 34.2 Å². The van der Waals surface area contributed by atoms with Gasteiger partial charge in [0.25, 0.3) is 0 Å². The number of benzene rings is 2. The van der Waals surface area contributed by atoms with Crippen LogP contribution in [0.15, 0.2) is 42.5 Å². The number of hydrogen-bond acceptors (Lipinski definition) is 2. The van der Waals surface area contributed by atoms with Crippen LogP contribution in [0.2, 0.25) is 5.02 Å². The molecule has 2 rings (SSSR count). The second-order valence-corrected chi connectivity index (χ2v) is 6.16. The van der Waals surface area contributed by atoms with Crippen LogP contribution in [0.3, 0.4) is 0 Å². The Balaban J connectivity index is 2.17. The van der Waals surface area contributed by atoms with Crippen molar-refractivity contribution in [2.45, 2.75) is 19.4 Å². The first-order valence-electron chi connectivity index (χ1n) is 6.02. The van der Waals surface area contributed by atoms with Crippen molar-refractivity contribution in [3.63, 3.8) is 0 Å². The lowest BCUT2D eigenvalue weighted by Crippen LogP contribution is -2.17. The van der Waals surface area contributed by atoms with Gasteiger partial charge in [-0.2, -0.15) is 0 Å². The number of rotatable bonds is 4. The third-order valence-corrected chi connectivity index (χ3v) is 3.54. The fraction of sp³-hybridized carbons (Fsp3) is 0.200. The van der Waals surface area contributed by atoms with Gasteiger partial charge in [0.15, 0.2) is 0 Å². The molecule has 1 atom stereocenters. The van der Waals surface area contributed by atoms with Gasteiger partial charge in [0.1, 0.15) is 11.5 Å². The average Bonchev–Trinajstić information content (AvgIpc) is 2.32. The van der Waals surface area contributed by atoms with Gasteiger partial charge in [-0.1, -0.05) is 23.7 Å². The average molecular weight is 388 g/mol. The summed E-state index contributed by atoms with van der Waals surface area (Å²) in [5.74, 6) is 1.45. The van der Waals surface area contributed by atoms with Crippen molar-refractivity contribution in [3.05, 3.63) is 56.6 Å². The summed E-state index contributed by atoms with van der Waals surface area (Å²) in [6.07, 6.45) is 0.809. The van der Waals surface area contributed by atoms with Gasteiger partial charge in [-0.25, -0.2) is 0 Å². The Labute approximate surface area is 132 Å². The van der Waals surface area contributed by atoms with E-state index in [-0.39, 0.29) is 6.04 Å². The van der Waals surface area contributed by atoms with Gasteiger partial charge in [-0.05, 0) is 71.8 Å². The number of hydrogen-bond donors (Lipinski definition) is 1. The van der Waals surface area contributed by atoms with E-state index in [0.717, 1.165) is 21.3 Å². The van der Waals surface area contributed by atoms with Gasteiger partial charge in [0.05, 0.1) is 5.02 Å². The highest BCUT2D eigenvalue weighted by molar-refractivity contribution is 14.1. The van der Waals surface area contributed by atoms with Gasteiger partial charge in [0.2, 0.25) is 0 Å². The summed E-state index contributed by atoms with van der Waals surface area (Å²) < 4.78 is 6.91. The second-order valence-electron chi connectivity index (χ2n) is 4.51. The zero-order valence-corrected chi connectivity index (χ0v) is 13.5. The molecule has 0 bridgehead atoms. The lowest BCUT2D eigenvalue weighted by Gasteiger charge is -2.10. The molecular formula is C15H15ClINO. The van der Waals surface area contributed by atoms with E-state index >= 15 is 0 Å². The maximum absolute atomic E-state index is 6.23. The van der Waals surface area contributed by atoms with Gasteiger partial charge in [-0.3, -0.25) is 0 Å². The van der Waals surface area contributed by atoms with Crippen LogP contribution in [0.25, 0.3) is 0 Å². The van der Waals surface area contributed by atoms with Crippen LogP contribution >= 0.6 is 34.2 Å². The van der Waals surface area contributed by atoms with Gasteiger partial charge >= 0.3 is 0 Å². The molecule has 0 radical (unpaired) electrons. The first-order valence-corrected chi connectivity index (χ1v) is 7.47. The minimum atomic E-state index is 0.124. The van der Waals surface area contributed by atoms with Gasteiger partial charge in [-0.15, -0.1) is 0 Å². The lowest BCUT2D eigenvalue weighted by atomic mass is 10.1. The van der Waals surface area contributed by atoms with Crippen LogP contribution < -0.4 is 10.5 Å². The van der Waals surface area contributed by atoms with Crippen LogP contribution in [0.4, 0.5) is 0 Å². The molecule has 1 unspecified atom stereocenters. The molecule has 2 N–H and O–H groups in total. The van der Waals surface area contributed by atoms with Crippen LogP contribution in [0.5, 0.6) is 11.5 Å². The maximum atomic E-state index is 6.23. The smallest absolute Gasteiger partial charge is 0.146 e. The highest BCUT2D eigenvalue weighted by Gasteiger charge is 2.06. The van der Waals surface area contributed by atoms with E-state index in [1.807, 2.05) is 49.4 Å². The first-order chi connectivity index (χ1) is 9.04. The summed E-state index contributed by atoms with van der Waals surface area (Å²) >= 11 is 8.48. The molecule has 0 amide bonds. The molecule has 4 heteroatoms. The van der Waals surface area contributed by atoms with E-state index in [1.165, 1.54) is 0 Å². The molecule has 0 saturated heterocycles. The number of halogens is 2. The summed E-state index contributed by atoms with van der Waals surface area (Å²) in [7, 11) is 0. The molecule has 0 aliphatic heterocycles. The largest absolute Gasteiger partial charge is 0.456 e. The summed E-state index contributed by atoms with van der Waals surface area (Å²) in [6.45, 7) is 1.98. The highest BCUT2D eigenvalue weighted by Crippen LogP contribution is 2.30. The van der Waals surface area contributed by atoms with Gasteiger partial charge in [0, 0.05) is 9.61 Å². The van der Waals surface area contributed by atoms with Crippen molar-refractivity contribution in [1.82, 2.24) is 0 Å². The van der Waals surface area contributed by atoms with Crippen molar-refractivity contribution in [1.29, 1.82) is 0 Å². The quantitative estimate of drug-likeness (QED) is 0.777. The first kappa shape index (κ1) is 14.6. The molecule has 2 aromatic rings. The molecule has 0 aromatic heterocycles. The van der Waals surface area contributed by atoms with Crippen molar-refractivity contribution in [2.24, 2.45) is 5.73 Å². The summed E-state index contributed by atoms with van der Waals surface area (Å²) in [6, 6.07) is 13.8. The Morgan fingerprint density at radius 3 is 2.68 bits per heavy atom. The second kappa shape index (κ2) is 6.59. The van der Waals surface area contributed by atoms with Crippen molar-refractivity contribution < 1.29 is 4.74 Å². The topological polar surface area (TPSA) is 35.2 Å². The standard InChI is InChI=1S/C15H15ClINO/c1-10(18)7-11-5-6-15(14(16)8-11)19-13-4-2-3-12(17)9-13/h2-6,8-10H,7,18H2,1H3. The zero-order valence-electron chi connectivity index (χ0n) is 10.6. The molecule has 0 heterocycles. The molecule has 2 nitrogen and oxygen atoms in total. The monoisotopic (exact) mass is 387 g/mol. The van der Waals surface area contributed by atoms with E-state index in [0.29, 0.717) is 10.8 Å². The molecule has 0 spiro atoms. The number of nitrogens with two attached hydrogens (primary N) is 1. The Kier molecular flexibility index (Phi) is 5.07. The fourth-order valence-electron chi connectivity index (χ4n) is 1.78. The van der Waals surface area contributed by atoms with Crippen LogP contribution in [-0.2, 0) is 6.42 Å². The van der Waals surface area contributed by atoms with Gasteiger partial charge < -0.3 is 10.5 Å². The molecule has 0 aliphatic carbocycles. The Morgan fingerprint density at radius 2 is 2.05 bits per heavy atom. The predicted molar refractivity (Wildman–Crippen MR) is 88.0 cm³/mol. The molecule has 100 valence electrons. The van der Waals surface area contributed by atoms with Crippen LogP contribution in [0.1, 0.15) is 12.5 Å². The molecule has 0 fully saturated rings. The minimum Gasteiger partial charge on any atom is -0.456 e. The van der Waals surface area contributed by atoms with E-state index < -0.39 is 0 Å². The normalized spacial score (nSPS) is 12.2. The van der Waals surface area contributed by atoms with Crippen molar-refractivity contribution in [3.8, 4) is 11.5 Å². The zero-order chi connectivity index (χ0) is 13.8. The SMILES string of the molecule is CC(N)Cc1ccc(Oc2cccc(I)c2)c(Cl)c1. The van der Waals surface area contributed by atoms with Crippen LogP contribution in [-0.4, -0.2) is 6.04 Å². The predicted octanol–water partition coefficient (Wildman–Crippen LogP) is 4.63. The number of ether oxygens (including phenoxy) is 1. The van der Waals surface area contributed by atoms with E-state index in [1.54, 1.807) is 0 Å². The molecular weight excluding hydrogens is 373 g/mol. The van der Waals surface area contributed by atoms with E-state index in [9.17, 15) is 0 Å². The highest BCUT2D eigenvalue weighted by atomic mass is 127. The Bertz CT molecular complexity index is 572. The fourth-order valence-corrected chi connectivity index (χ4v) is 2.54. The third kappa shape index (κ3) is 4.37. The summed E-state index contributed by atoms with van der Waals surface area (Å²) in [5, 5.41) is 0.608. The molecule has 0 saturated carbocycles. The molecule has 2 aromatic carbocycles. The van der Waals surface area contributed by atoms with E-state index in [2.05, 4.69) is 22.6 Å². The van der Waals surface area contributed by atoms with Crippen molar-refractivity contribution in [2.75, 3.05) is 0 Å². The third-order valence-electron chi connectivity index (χ3n) is 2.58. The van der Waals surface area contributed by atoms with Crippen LogP contribution in [0, 0.1) is 3.57 Å². The van der Waals surface area contributed by atoms with E-state index in [4.69, 9.17) is 22.1 Å². The minimum absolute atomic E-state index is 0.124. The maximum Gasteiger partial charge on any atom is 0.146 e. The molecule has 0 aliphatic rings. The molecule has 19 heavy (non-hydrogen) atoms. The lowest BCUT2D eigenvalue weighted by molar-refractivity contribution is 0.482. The Hall–Kier alpha value is -0.780. The summed E-state index contributed by atoms with van der Waals surface area (Å²) in [5.41, 5.74) is 6.90. The summed E-state index contributed by atoms with van der Waals surface area (Å²) in [4.78, 5) is 0.